The molecule has 0 bridgehead atoms. The van der Waals surface area contributed by atoms with Crippen molar-refractivity contribution in [2.45, 2.75) is 219 Å². The summed E-state index contributed by atoms with van der Waals surface area (Å²) in [5.41, 5.74) is 0. The third-order valence-electron chi connectivity index (χ3n) is 11.4. The van der Waals surface area contributed by atoms with Gasteiger partial charge in [0.05, 0.1) is 0 Å². The van der Waals surface area contributed by atoms with Crippen molar-refractivity contribution in [1.82, 2.24) is 0 Å². The zero-order chi connectivity index (χ0) is 54.3. The summed E-state index contributed by atoms with van der Waals surface area (Å²) in [4.78, 5) is 38.1. The molecule has 0 aliphatic carbocycles. The van der Waals surface area contributed by atoms with Crippen LogP contribution in [0, 0.1) is 0 Å². The Balaban J connectivity index is 4.76. The van der Waals surface area contributed by atoms with E-state index in [-0.39, 0.29) is 32.5 Å². The summed E-state index contributed by atoms with van der Waals surface area (Å²) >= 11 is 0. The predicted molar refractivity (Wildman–Crippen MR) is 324 cm³/mol. The van der Waals surface area contributed by atoms with Crippen LogP contribution in [0.2, 0.25) is 0 Å². The van der Waals surface area contributed by atoms with Gasteiger partial charge in [-0.3, -0.25) is 14.4 Å². The minimum atomic E-state index is -0.890. The van der Waals surface area contributed by atoms with Crippen molar-refractivity contribution in [1.29, 1.82) is 0 Å². The molecule has 0 aromatic carbocycles. The monoisotopic (exact) mass is 1030 g/mol. The molecular weight excluding hydrogens is 925 g/mol. The first kappa shape index (κ1) is 69.5. The summed E-state index contributed by atoms with van der Waals surface area (Å²) < 4.78 is 16.6. The molecule has 6 nitrogen and oxygen atoms in total. The van der Waals surface area contributed by atoms with E-state index in [1.165, 1.54) is 77.0 Å². The van der Waals surface area contributed by atoms with Gasteiger partial charge >= 0.3 is 17.9 Å². The molecule has 0 radical (unpaired) electrons. The molecule has 416 valence electrons. The Morgan fingerprint density at radius 3 is 0.693 bits per heavy atom. The third-order valence-corrected chi connectivity index (χ3v) is 11.4. The molecule has 0 unspecified atom stereocenters. The minimum Gasteiger partial charge on any atom is -0.462 e. The van der Waals surface area contributed by atoms with Crippen molar-refractivity contribution in [2.75, 3.05) is 13.2 Å². The van der Waals surface area contributed by atoms with Crippen molar-refractivity contribution in [3.8, 4) is 0 Å². The number of unbranched alkanes of at least 4 members (excludes halogenated alkanes) is 9. The minimum absolute atomic E-state index is 0.165. The molecule has 0 atom stereocenters. The number of esters is 3. The fraction of sp³-hybridized carbons (Fsp3) is 0.522. The standard InChI is InChI=1S/C69H104O6/c1-4-7-10-13-16-19-22-25-28-31-34-37-40-43-46-49-52-55-58-61-67(70)73-64-66(75-69(72)63-60-57-54-51-48-45-42-39-36-33-30-27-24-21-18-15-12-9-6-3)65-74-68(71)62-59-56-53-50-47-44-41-38-35-32-29-26-23-20-17-14-11-8-5-2/h16-21,25-30,34-39,43-48,52-57,66H,4-15,22-24,31-33,40-42,49-51,58-65H2,1-3H3/b19-16-,20-17-,21-18-,28-25-,29-26-,30-27-,37-34-,38-35-,39-36-,46-43-,47-44-,48-45-,55-52-,56-53-,57-54-. The number of ether oxygens (including phenoxy) is 3. The highest BCUT2D eigenvalue weighted by molar-refractivity contribution is 5.71. The highest BCUT2D eigenvalue weighted by atomic mass is 16.6. The molecule has 0 saturated carbocycles. The van der Waals surface area contributed by atoms with E-state index in [9.17, 15) is 14.4 Å². The maximum Gasteiger partial charge on any atom is 0.306 e. The molecule has 6 heteroatoms. The average Bonchev–Trinajstić information content (AvgIpc) is 3.41. The van der Waals surface area contributed by atoms with Crippen molar-refractivity contribution >= 4 is 17.9 Å². The van der Waals surface area contributed by atoms with Crippen LogP contribution in [0.4, 0.5) is 0 Å². The molecule has 0 aliphatic heterocycles. The quantitative estimate of drug-likeness (QED) is 0.0261. The van der Waals surface area contributed by atoms with Gasteiger partial charge in [-0.05, 0) is 135 Å². The molecular formula is C69H104O6. The summed E-state index contributed by atoms with van der Waals surface area (Å²) in [5.74, 6) is -1.23. The summed E-state index contributed by atoms with van der Waals surface area (Å²) in [6.45, 7) is 6.34. The van der Waals surface area contributed by atoms with Gasteiger partial charge in [0.2, 0.25) is 0 Å². The molecule has 0 fully saturated rings. The zero-order valence-corrected chi connectivity index (χ0v) is 47.5. The van der Waals surface area contributed by atoms with Gasteiger partial charge in [-0.1, -0.05) is 242 Å². The molecule has 0 N–H and O–H groups in total. The Bertz CT molecular complexity index is 1710. The summed E-state index contributed by atoms with van der Waals surface area (Å²) in [5, 5.41) is 0. The topological polar surface area (TPSA) is 78.9 Å². The first-order chi connectivity index (χ1) is 37.0. The van der Waals surface area contributed by atoms with Crippen LogP contribution in [-0.2, 0) is 28.6 Å². The largest absolute Gasteiger partial charge is 0.462 e. The normalized spacial score (nSPS) is 13.1. The Hall–Kier alpha value is -5.49. The van der Waals surface area contributed by atoms with Crippen molar-refractivity contribution < 1.29 is 28.6 Å². The van der Waals surface area contributed by atoms with E-state index in [4.69, 9.17) is 14.2 Å². The molecule has 0 amide bonds. The number of hydrogen-bond acceptors (Lipinski definition) is 6. The van der Waals surface area contributed by atoms with Crippen molar-refractivity contribution in [3.63, 3.8) is 0 Å². The van der Waals surface area contributed by atoms with Crippen LogP contribution in [-0.4, -0.2) is 37.2 Å². The lowest BCUT2D eigenvalue weighted by molar-refractivity contribution is -0.166. The van der Waals surface area contributed by atoms with E-state index in [1.54, 1.807) is 0 Å². The van der Waals surface area contributed by atoms with Gasteiger partial charge < -0.3 is 14.2 Å². The molecule has 75 heavy (non-hydrogen) atoms. The fourth-order valence-corrected chi connectivity index (χ4v) is 6.98. The van der Waals surface area contributed by atoms with Crippen molar-refractivity contribution in [3.05, 3.63) is 182 Å². The Kier molecular flexibility index (Phi) is 56.6. The van der Waals surface area contributed by atoms with Crippen LogP contribution < -0.4 is 0 Å². The van der Waals surface area contributed by atoms with E-state index >= 15 is 0 Å². The molecule has 0 heterocycles. The lowest BCUT2D eigenvalue weighted by Crippen LogP contribution is -2.30. The van der Waals surface area contributed by atoms with Crippen LogP contribution in [0.1, 0.15) is 213 Å². The van der Waals surface area contributed by atoms with Gasteiger partial charge in [-0.2, -0.15) is 0 Å². The van der Waals surface area contributed by atoms with E-state index < -0.39 is 24.0 Å². The molecule has 0 spiro atoms. The van der Waals surface area contributed by atoms with Gasteiger partial charge in [-0.25, -0.2) is 0 Å². The lowest BCUT2D eigenvalue weighted by Gasteiger charge is -2.18. The van der Waals surface area contributed by atoms with Crippen molar-refractivity contribution in [2.24, 2.45) is 0 Å². The first-order valence-corrected chi connectivity index (χ1v) is 29.3. The highest BCUT2D eigenvalue weighted by Crippen LogP contribution is 2.08. The Morgan fingerprint density at radius 2 is 0.467 bits per heavy atom. The smallest absolute Gasteiger partial charge is 0.306 e. The second kappa shape index (κ2) is 61.1. The number of carbonyl (C=O) groups is 3. The second-order valence-corrected chi connectivity index (χ2v) is 18.5. The Labute approximate surface area is 459 Å². The highest BCUT2D eigenvalue weighted by Gasteiger charge is 2.19. The molecule has 0 aliphatic rings. The Morgan fingerprint density at radius 1 is 0.267 bits per heavy atom. The van der Waals surface area contributed by atoms with Gasteiger partial charge in [0.1, 0.15) is 13.2 Å². The zero-order valence-electron chi connectivity index (χ0n) is 47.5. The second-order valence-electron chi connectivity index (χ2n) is 18.5. The van der Waals surface area contributed by atoms with E-state index in [1.807, 2.05) is 36.5 Å². The number of rotatable bonds is 50. The first-order valence-electron chi connectivity index (χ1n) is 29.3. The molecule has 0 rings (SSSR count). The lowest BCUT2D eigenvalue weighted by atomic mass is 10.2. The maximum atomic E-state index is 12.8. The fourth-order valence-electron chi connectivity index (χ4n) is 6.98. The van der Waals surface area contributed by atoms with Crippen LogP contribution in [0.3, 0.4) is 0 Å². The maximum absolute atomic E-state index is 12.8. The summed E-state index contributed by atoms with van der Waals surface area (Å²) in [6, 6.07) is 0. The predicted octanol–water partition coefficient (Wildman–Crippen LogP) is 20.1. The van der Waals surface area contributed by atoms with Crippen LogP contribution in [0.15, 0.2) is 182 Å². The van der Waals surface area contributed by atoms with E-state index in [0.29, 0.717) is 19.3 Å². The SMILES string of the molecule is CCCCC/C=C\C/C=C\C/C=C\C/C=C\C/C=C\CCC(=O)OCC(COC(=O)CC/C=C\C/C=C\C/C=C\C/C=C\C/C=C\CCCCC)OC(=O)CC/C=C\C/C=C\C/C=C\C/C=C\C/C=C\CCCCC. The number of hydrogen-bond donors (Lipinski definition) is 0. The molecule has 0 aromatic heterocycles. The van der Waals surface area contributed by atoms with Gasteiger partial charge in [0, 0.05) is 19.3 Å². The average molecular weight is 1030 g/mol. The molecule has 0 saturated heterocycles. The number of carbonyl (C=O) groups excluding carboxylic acids is 3. The summed E-state index contributed by atoms with van der Waals surface area (Å²) in [7, 11) is 0. The third kappa shape index (κ3) is 59.3. The van der Waals surface area contributed by atoms with Crippen LogP contribution >= 0.6 is 0 Å². The van der Waals surface area contributed by atoms with E-state index in [2.05, 4.69) is 167 Å². The number of allylic oxidation sites excluding steroid dienone is 30. The summed E-state index contributed by atoms with van der Waals surface area (Å²) in [6.07, 6.45) is 92.0. The van der Waals surface area contributed by atoms with Gasteiger partial charge in [0.15, 0.2) is 6.10 Å². The van der Waals surface area contributed by atoms with Gasteiger partial charge in [-0.15, -0.1) is 0 Å². The van der Waals surface area contributed by atoms with Crippen LogP contribution in [0.5, 0.6) is 0 Å². The van der Waals surface area contributed by atoms with Crippen LogP contribution in [0.25, 0.3) is 0 Å². The van der Waals surface area contributed by atoms with Gasteiger partial charge in [0.25, 0.3) is 0 Å². The van der Waals surface area contributed by atoms with E-state index in [0.717, 1.165) is 77.0 Å². The molecule has 0 aromatic rings.